The Hall–Kier alpha value is -1.00. The summed E-state index contributed by atoms with van der Waals surface area (Å²) >= 11 is 1.79. The summed E-state index contributed by atoms with van der Waals surface area (Å²) in [5.74, 6) is 1.01. The molecule has 0 spiro atoms. The number of thioether (sulfide) groups is 1. The van der Waals surface area contributed by atoms with E-state index in [-0.39, 0.29) is 11.4 Å². The number of benzene rings is 1. The monoisotopic (exact) mass is 266 g/mol. The van der Waals surface area contributed by atoms with Crippen LogP contribution >= 0.6 is 11.8 Å². The first-order valence-electron chi connectivity index (χ1n) is 6.17. The molecule has 18 heavy (non-hydrogen) atoms. The van der Waals surface area contributed by atoms with Crippen LogP contribution in [0.15, 0.2) is 35.2 Å². The van der Waals surface area contributed by atoms with Crippen LogP contribution in [0, 0.1) is 0 Å². The van der Waals surface area contributed by atoms with Crippen molar-refractivity contribution in [2.45, 2.75) is 31.2 Å². The lowest BCUT2D eigenvalue weighted by Crippen LogP contribution is -2.45. The summed E-state index contributed by atoms with van der Waals surface area (Å²) in [4.78, 5) is 12.8. The third kappa shape index (κ3) is 7.35. The van der Waals surface area contributed by atoms with E-state index < -0.39 is 0 Å². The Balaban J connectivity index is 2.07. The molecule has 1 aromatic rings. The first-order chi connectivity index (χ1) is 8.47. The Kier molecular flexibility index (Phi) is 6.22. The molecule has 0 atom stereocenters. The average molecular weight is 266 g/mol. The standard InChI is InChI=1S/C14H22N2OS/c1-14(2,3)16-13(17)11-15-9-10-18-12-7-5-4-6-8-12/h4-8,15H,9-11H2,1-3H3,(H,16,17). The maximum atomic E-state index is 11.5. The molecule has 0 unspecified atom stereocenters. The molecule has 0 bridgehead atoms. The van der Waals surface area contributed by atoms with Crippen LogP contribution in [-0.2, 0) is 4.79 Å². The number of amides is 1. The molecule has 0 radical (unpaired) electrons. The van der Waals surface area contributed by atoms with Crippen LogP contribution in [0.25, 0.3) is 0 Å². The van der Waals surface area contributed by atoms with Crippen molar-refractivity contribution < 1.29 is 4.79 Å². The fourth-order valence-corrected chi connectivity index (χ4v) is 2.25. The summed E-state index contributed by atoms with van der Waals surface area (Å²) in [6.45, 7) is 7.16. The van der Waals surface area contributed by atoms with Gasteiger partial charge in [-0.05, 0) is 32.9 Å². The van der Waals surface area contributed by atoms with Crippen LogP contribution < -0.4 is 10.6 Å². The maximum absolute atomic E-state index is 11.5. The Morgan fingerprint density at radius 2 is 1.89 bits per heavy atom. The molecular weight excluding hydrogens is 244 g/mol. The summed E-state index contributed by atoms with van der Waals surface area (Å²) < 4.78 is 0. The highest BCUT2D eigenvalue weighted by Gasteiger charge is 2.12. The van der Waals surface area contributed by atoms with Gasteiger partial charge in [0.05, 0.1) is 6.54 Å². The second kappa shape index (κ2) is 7.44. The number of carbonyl (C=O) groups excluding carboxylic acids is 1. The molecule has 100 valence electrons. The summed E-state index contributed by atoms with van der Waals surface area (Å²) in [6.07, 6.45) is 0. The van der Waals surface area contributed by atoms with Gasteiger partial charge in [0.1, 0.15) is 0 Å². The van der Waals surface area contributed by atoms with Gasteiger partial charge in [-0.25, -0.2) is 0 Å². The highest BCUT2D eigenvalue weighted by atomic mass is 32.2. The normalized spacial score (nSPS) is 11.3. The molecule has 1 aromatic carbocycles. The number of hydrogen-bond acceptors (Lipinski definition) is 3. The molecule has 1 rings (SSSR count). The lowest BCUT2D eigenvalue weighted by atomic mass is 10.1. The summed E-state index contributed by atoms with van der Waals surface area (Å²) in [5, 5.41) is 6.06. The lowest BCUT2D eigenvalue weighted by molar-refractivity contribution is -0.121. The van der Waals surface area contributed by atoms with Gasteiger partial charge >= 0.3 is 0 Å². The highest BCUT2D eigenvalue weighted by Crippen LogP contribution is 2.15. The van der Waals surface area contributed by atoms with Gasteiger partial charge in [0.15, 0.2) is 0 Å². The van der Waals surface area contributed by atoms with Gasteiger partial charge in [0.25, 0.3) is 0 Å². The molecule has 4 heteroatoms. The molecule has 0 saturated carbocycles. The van der Waals surface area contributed by atoms with Gasteiger partial charge in [0.2, 0.25) is 5.91 Å². The fourth-order valence-electron chi connectivity index (χ4n) is 1.42. The summed E-state index contributed by atoms with van der Waals surface area (Å²) in [6, 6.07) is 10.3. The quantitative estimate of drug-likeness (QED) is 0.613. The van der Waals surface area contributed by atoms with E-state index in [9.17, 15) is 4.79 Å². The van der Waals surface area contributed by atoms with Crippen molar-refractivity contribution in [3.8, 4) is 0 Å². The molecule has 0 heterocycles. The van der Waals surface area contributed by atoms with E-state index in [0.717, 1.165) is 12.3 Å². The van der Waals surface area contributed by atoms with Crippen LogP contribution in [-0.4, -0.2) is 30.3 Å². The summed E-state index contributed by atoms with van der Waals surface area (Å²) in [7, 11) is 0. The van der Waals surface area contributed by atoms with Crippen LogP contribution in [0.5, 0.6) is 0 Å². The SMILES string of the molecule is CC(C)(C)NC(=O)CNCCSc1ccccc1. The molecule has 0 saturated heterocycles. The highest BCUT2D eigenvalue weighted by molar-refractivity contribution is 7.99. The van der Waals surface area contributed by atoms with Crippen molar-refractivity contribution in [1.29, 1.82) is 0 Å². The average Bonchev–Trinajstić information content (AvgIpc) is 2.27. The molecule has 2 N–H and O–H groups in total. The Morgan fingerprint density at radius 3 is 2.50 bits per heavy atom. The first-order valence-corrected chi connectivity index (χ1v) is 7.15. The minimum absolute atomic E-state index is 0.0483. The predicted octanol–water partition coefficient (Wildman–Crippen LogP) is 2.28. The van der Waals surface area contributed by atoms with E-state index in [1.807, 2.05) is 39.0 Å². The van der Waals surface area contributed by atoms with Crippen molar-refractivity contribution in [2.24, 2.45) is 0 Å². The van der Waals surface area contributed by atoms with Gasteiger partial charge < -0.3 is 10.6 Å². The van der Waals surface area contributed by atoms with E-state index in [1.165, 1.54) is 4.90 Å². The van der Waals surface area contributed by atoms with Gasteiger partial charge in [-0.2, -0.15) is 0 Å². The van der Waals surface area contributed by atoms with Gasteiger partial charge in [0, 0.05) is 22.7 Å². The van der Waals surface area contributed by atoms with Crippen molar-refractivity contribution >= 4 is 17.7 Å². The van der Waals surface area contributed by atoms with Crippen LogP contribution in [0.4, 0.5) is 0 Å². The van der Waals surface area contributed by atoms with Gasteiger partial charge in [-0.15, -0.1) is 11.8 Å². The maximum Gasteiger partial charge on any atom is 0.234 e. The number of carbonyl (C=O) groups is 1. The van der Waals surface area contributed by atoms with Gasteiger partial charge in [-0.3, -0.25) is 4.79 Å². The topological polar surface area (TPSA) is 41.1 Å². The van der Waals surface area contributed by atoms with Crippen molar-refractivity contribution in [1.82, 2.24) is 10.6 Å². The molecule has 1 amide bonds. The zero-order valence-corrected chi connectivity index (χ0v) is 12.1. The van der Waals surface area contributed by atoms with E-state index in [2.05, 4.69) is 22.8 Å². The van der Waals surface area contributed by atoms with Crippen molar-refractivity contribution in [3.05, 3.63) is 30.3 Å². The minimum Gasteiger partial charge on any atom is -0.350 e. The Morgan fingerprint density at radius 1 is 1.22 bits per heavy atom. The van der Waals surface area contributed by atoms with Gasteiger partial charge in [-0.1, -0.05) is 18.2 Å². The van der Waals surface area contributed by atoms with Crippen molar-refractivity contribution in [3.63, 3.8) is 0 Å². The van der Waals surface area contributed by atoms with E-state index in [4.69, 9.17) is 0 Å². The summed E-state index contributed by atoms with van der Waals surface area (Å²) in [5.41, 5.74) is -0.155. The zero-order chi connectivity index (χ0) is 13.4. The third-order valence-electron chi connectivity index (χ3n) is 2.09. The third-order valence-corrected chi connectivity index (χ3v) is 3.10. The predicted molar refractivity (Wildman–Crippen MR) is 77.9 cm³/mol. The lowest BCUT2D eigenvalue weighted by Gasteiger charge is -2.20. The van der Waals surface area contributed by atoms with Crippen LogP contribution in [0.1, 0.15) is 20.8 Å². The molecule has 0 aromatic heterocycles. The Bertz CT molecular complexity index is 360. The number of nitrogens with one attached hydrogen (secondary N) is 2. The zero-order valence-electron chi connectivity index (χ0n) is 11.3. The number of hydrogen-bond donors (Lipinski definition) is 2. The molecule has 0 aliphatic carbocycles. The molecule has 0 fully saturated rings. The fraction of sp³-hybridized carbons (Fsp3) is 0.500. The number of rotatable bonds is 6. The molecule has 3 nitrogen and oxygen atoms in total. The van der Waals surface area contributed by atoms with E-state index in [1.54, 1.807) is 11.8 Å². The van der Waals surface area contributed by atoms with E-state index >= 15 is 0 Å². The van der Waals surface area contributed by atoms with Crippen molar-refractivity contribution in [2.75, 3.05) is 18.8 Å². The molecular formula is C14H22N2OS. The first kappa shape index (κ1) is 15.1. The second-order valence-electron chi connectivity index (χ2n) is 5.14. The minimum atomic E-state index is -0.155. The Labute approximate surface area is 114 Å². The van der Waals surface area contributed by atoms with Crippen LogP contribution in [0.2, 0.25) is 0 Å². The largest absolute Gasteiger partial charge is 0.350 e. The van der Waals surface area contributed by atoms with Crippen LogP contribution in [0.3, 0.4) is 0 Å². The second-order valence-corrected chi connectivity index (χ2v) is 6.30. The molecule has 0 aliphatic heterocycles. The van der Waals surface area contributed by atoms with E-state index in [0.29, 0.717) is 6.54 Å². The molecule has 0 aliphatic rings. The smallest absolute Gasteiger partial charge is 0.234 e.